The molecule has 0 aliphatic carbocycles. The number of nitrogens with zero attached hydrogens (tertiary/aromatic N) is 2. The molecule has 0 spiro atoms. The van der Waals surface area contributed by atoms with Gasteiger partial charge in [0.25, 0.3) is 0 Å². The Morgan fingerprint density at radius 1 is 0.652 bits per heavy atom. The fourth-order valence-corrected chi connectivity index (χ4v) is 7.49. The van der Waals surface area contributed by atoms with Crippen molar-refractivity contribution in [1.82, 2.24) is 24.2 Å². The maximum Gasteiger partial charge on any atom is 0.0959 e. The molecule has 7 N–H and O–H groups in total. The molecule has 2 aliphatic rings. The zero-order valence-corrected chi connectivity index (χ0v) is 28.9. The second kappa shape index (κ2) is 20.5. The first-order valence-electron chi connectivity index (χ1n) is 16.5. The molecule has 0 unspecified atom stereocenters. The van der Waals surface area contributed by atoms with Crippen LogP contribution in [-0.4, -0.2) is 148 Å². The monoisotopic (exact) mass is 679 g/mol. The Hall–Kier alpha value is -1.03. The van der Waals surface area contributed by atoms with Gasteiger partial charge in [-0.2, -0.15) is 19.1 Å². The first-order chi connectivity index (χ1) is 22.4. The number of nitrogens with two attached hydrogens (primary N) is 2. The molecule has 0 aromatic heterocycles. The van der Waals surface area contributed by atoms with Crippen molar-refractivity contribution in [2.24, 2.45) is 11.7 Å². The lowest BCUT2D eigenvalue weighted by Gasteiger charge is -2.80. The highest BCUT2D eigenvalue weighted by Gasteiger charge is 2.49. The summed E-state index contributed by atoms with van der Waals surface area (Å²) in [5.41, 5.74) is 2.27. The fourth-order valence-electron chi connectivity index (χ4n) is 5.08. The van der Waals surface area contributed by atoms with Gasteiger partial charge in [-0.3, -0.25) is 29.9 Å². The minimum atomic E-state index is -4.62. The Morgan fingerprint density at radius 2 is 1.07 bits per heavy atom. The topological polar surface area (TPSA) is 168 Å². The van der Waals surface area contributed by atoms with Crippen molar-refractivity contribution in [2.45, 2.75) is 19.9 Å². The molecule has 0 bridgehead atoms. The number of hydrogen-bond donors (Lipinski definition) is 5. The highest BCUT2D eigenvalue weighted by molar-refractivity contribution is 8.53. The maximum absolute atomic E-state index is 6.46. The third kappa shape index (κ3) is 13.1. The second-order valence-corrected chi connectivity index (χ2v) is 16.4. The summed E-state index contributed by atoms with van der Waals surface area (Å²) in [6.45, 7) is 15.1. The van der Waals surface area contributed by atoms with Crippen LogP contribution in [-0.2, 0) is 49.8 Å². The van der Waals surface area contributed by atoms with Gasteiger partial charge in [-0.05, 0) is 17.5 Å². The normalized spacial score (nSPS) is 18.4. The number of ether oxygens (including phenoxy) is 6. The summed E-state index contributed by atoms with van der Waals surface area (Å²) in [4.78, 5) is 10.3. The molecule has 16 heteroatoms. The maximum atomic E-state index is 6.46. The summed E-state index contributed by atoms with van der Waals surface area (Å²) < 4.78 is 50.2. The number of aryl methyl sites for hydroxylation is 1. The van der Waals surface area contributed by atoms with Crippen molar-refractivity contribution in [3.8, 4) is 0 Å². The Morgan fingerprint density at radius 3 is 1.50 bits per heavy atom. The third-order valence-corrected chi connectivity index (χ3v) is 12.2. The summed E-state index contributed by atoms with van der Waals surface area (Å²) >= 11 is 0. The van der Waals surface area contributed by atoms with Gasteiger partial charge >= 0.3 is 0 Å². The van der Waals surface area contributed by atoms with Crippen molar-refractivity contribution >= 4 is 9.41 Å². The van der Waals surface area contributed by atoms with Gasteiger partial charge in [0.15, 0.2) is 0 Å². The van der Waals surface area contributed by atoms with E-state index in [1.54, 1.807) is 6.26 Å². The molecule has 2 saturated heterocycles. The Kier molecular flexibility index (Phi) is 17.5. The van der Waals surface area contributed by atoms with Gasteiger partial charge in [-0.25, -0.2) is 4.72 Å². The standard InChI is InChI=1S/C30H61N7O8S/c1-3-29-6-4-5-7-30(29)28-33-46(2,34-31,35-32,44-26-24-42-22-20-40-18-12-36-8-14-38-15-9-36)45-27-25-43-23-21-41-19-13-37-10-16-39-17-11-37/h4-7,33-35H,3,8-28,31-32H2,1-2H3. The van der Waals surface area contributed by atoms with Gasteiger partial charge in [-0.1, -0.05) is 31.2 Å². The molecule has 0 saturated carbocycles. The van der Waals surface area contributed by atoms with Crippen LogP contribution in [0.1, 0.15) is 18.1 Å². The molecular weight excluding hydrogens is 618 g/mol. The molecule has 2 fully saturated rings. The molecule has 1 aromatic rings. The molecule has 0 radical (unpaired) electrons. The van der Waals surface area contributed by atoms with Crippen molar-refractivity contribution < 1.29 is 36.8 Å². The molecule has 1 aromatic carbocycles. The summed E-state index contributed by atoms with van der Waals surface area (Å²) in [6.07, 6.45) is 2.58. The van der Waals surface area contributed by atoms with Gasteiger partial charge in [0.2, 0.25) is 0 Å². The summed E-state index contributed by atoms with van der Waals surface area (Å²) in [5.74, 6) is 12.5. The molecule has 46 heavy (non-hydrogen) atoms. The number of morpholine rings is 2. The van der Waals surface area contributed by atoms with Gasteiger partial charge < -0.3 is 28.4 Å². The quantitative estimate of drug-likeness (QED) is 0.0508. The molecule has 2 aliphatic heterocycles. The average Bonchev–Trinajstić information content (AvgIpc) is 3.11. The smallest absolute Gasteiger partial charge is 0.0959 e. The number of hydrazine groups is 2. The number of benzene rings is 1. The van der Waals surface area contributed by atoms with E-state index in [1.165, 1.54) is 5.56 Å². The Bertz CT molecular complexity index is 929. The summed E-state index contributed by atoms with van der Waals surface area (Å²) in [6, 6.07) is 8.16. The second-order valence-electron chi connectivity index (χ2n) is 11.5. The minimum Gasteiger partial charge on any atom is -0.379 e. The van der Waals surface area contributed by atoms with E-state index in [-0.39, 0.29) is 26.4 Å². The van der Waals surface area contributed by atoms with E-state index in [9.17, 15) is 0 Å². The number of nitrogens with one attached hydrogen (secondary N) is 3. The van der Waals surface area contributed by atoms with E-state index >= 15 is 0 Å². The predicted molar refractivity (Wildman–Crippen MR) is 181 cm³/mol. The van der Waals surface area contributed by atoms with Crippen molar-refractivity contribution in [2.75, 3.05) is 138 Å². The minimum absolute atomic E-state index is 0.139. The van der Waals surface area contributed by atoms with Crippen LogP contribution in [0.3, 0.4) is 0 Å². The SMILES string of the molecule is CCc1ccccc1CNS(C)(NN)(NN)(OCCOCCOCCN1CCOCC1)OCCOCCOCCN1CCOCC1. The van der Waals surface area contributed by atoms with Crippen LogP contribution in [0.15, 0.2) is 24.3 Å². The molecule has 270 valence electrons. The molecular formula is C30H61N7O8S. The lowest BCUT2D eigenvalue weighted by molar-refractivity contribution is 0.00173. The molecule has 15 nitrogen and oxygen atoms in total. The number of rotatable bonds is 26. The van der Waals surface area contributed by atoms with Crippen molar-refractivity contribution in [1.29, 1.82) is 0 Å². The first-order valence-corrected chi connectivity index (χ1v) is 19.2. The number of hydrogen-bond acceptors (Lipinski definition) is 15. The zero-order valence-electron chi connectivity index (χ0n) is 28.1. The largest absolute Gasteiger partial charge is 0.379 e. The molecule has 3 rings (SSSR count). The van der Waals surface area contributed by atoms with Crippen LogP contribution in [0.25, 0.3) is 0 Å². The summed E-state index contributed by atoms with van der Waals surface area (Å²) in [7, 11) is -4.62. The average molecular weight is 680 g/mol. The van der Waals surface area contributed by atoms with Crippen LogP contribution in [0.2, 0.25) is 0 Å². The highest BCUT2D eigenvalue weighted by atomic mass is 32.4. The van der Waals surface area contributed by atoms with E-state index in [0.29, 0.717) is 46.2 Å². The molecule has 0 amide bonds. The zero-order chi connectivity index (χ0) is 32.9. The van der Waals surface area contributed by atoms with Crippen LogP contribution in [0.4, 0.5) is 0 Å². The Labute approximate surface area is 275 Å². The van der Waals surface area contributed by atoms with Gasteiger partial charge in [0.1, 0.15) is 0 Å². The van der Waals surface area contributed by atoms with Crippen LogP contribution in [0, 0.1) is 0 Å². The van der Waals surface area contributed by atoms with E-state index in [4.69, 9.17) is 48.5 Å². The van der Waals surface area contributed by atoms with Gasteiger partial charge in [-0.15, -0.1) is 0 Å². The van der Waals surface area contributed by atoms with Crippen LogP contribution in [0.5, 0.6) is 0 Å². The first kappa shape index (κ1) is 39.4. The lowest BCUT2D eigenvalue weighted by atomic mass is 10.1. The lowest BCUT2D eigenvalue weighted by Crippen LogP contribution is -2.72. The Balaban J connectivity index is 1.45. The van der Waals surface area contributed by atoms with Crippen molar-refractivity contribution in [3.05, 3.63) is 35.4 Å². The van der Waals surface area contributed by atoms with Crippen molar-refractivity contribution in [3.63, 3.8) is 0 Å². The van der Waals surface area contributed by atoms with Gasteiger partial charge in [0, 0.05) is 52.1 Å². The van der Waals surface area contributed by atoms with E-state index in [0.717, 1.165) is 77.7 Å². The van der Waals surface area contributed by atoms with Crippen LogP contribution < -0.4 is 26.1 Å². The third-order valence-electron chi connectivity index (χ3n) is 8.19. The van der Waals surface area contributed by atoms with Crippen LogP contribution >= 0.6 is 9.41 Å². The van der Waals surface area contributed by atoms with E-state index < -0.39 is 9.41 Å². The molecule has 2 heterocycles. The summed E-state index contributed by atoms with van der Waals surface area (Å²) in [5, 5.41) is 0. The van der Waals surface area contributed by atoms with Gasteiger partial charge in [0.05, 0.1) is 92.5 Å². The molecule has 0 atom stereocenters. The van der Waals surface area contributed by atoms with E-state index in [2.05, 4.69) is 43.2 Å². The highest BCUT2D eigenvalue weighted by Crippen LogP contribution is 2.77. The fraction of sp³-hybridized carbons (Fsp3) is 0.800. The predicted octanol–water partition coefficient (Wildman–Crippen LogP) is 0.110. The van der Waals surface area contributed by atoms with E-state index in [1.807, 2.05) is 12.1 Å².